The van der Waals surface area contributed by atoms with Crippen LogP contribution in [0.4, 0.5) is 8.78 Å². The summed E-state index contributed by atoms with van der Waals surface area (Å²) in [6.45, 7) is 0.362. The molecule has 0 spiro atoms. The molecular formula is C16H13F2NO4. The second-order valence-corrected chi connectivity index (χ2v) is 4.75. The first-order chi connectivity index (χ1) is 11.1. The van der Waals surface area contributed by atoms with Crippen molar-refractivity contribution in [2.75, 3.05) is 19.9 Å². The van der Waals surface area contributed by atoms with Crippen LogP contribution in [0.5, 0.6) is 17.2 Å². The molecule has 0 aliphatic carbocycles. The Balaban J connectivity index is 1.49. The third-order valence-corrected chi connectivity index (χ3v) is 3.17. The summed E-state index contributed by atoms with van der Waals surface area (Å²) >= 11 is 0. The Labute approximate surface area is 130 Å². The maximum Gasteiger partial charge on any atom is 0.251 e. The lowest BCUT2D eigenvalue weighted by Crippen LogP contribution is -2.28. The normalized spacial score (nSPS) is 12.1. The van der Waals surface area contributed by atoms with E-state index in [1.807, 2.05) is 0 Å². The van der Waals surface area contributed by atoms with E-state index in [4.69, 9.17) is 14.2 Å². The molecule has 0 radical (unpaired) electrons. The fraction of sp³-hybridized carbons (Fsp3) is 0.188. The molecule has 0 atom stereocenters. The van der Waals surface area contributed by atoms with Crippen LogP contribution in [-0.2, 0) is 0 Å². The largest absolute Gasteiger partial charge is 0.489 e. The smallest absolute Gasteiger partial charge is 0.251 e. The first-order valence-corrected chi connectivity index (χ1v) is 6.89. The quantitative estimate of drug-likeness (QED) is 0.860. The van der Waals surface area contributed by atoms with Crippen molar-refractivity contribution in [2.24, 2.45) is 0 Å². The molecule has 0 saturated heterocycles. The van der Waals surface area contributed by atoms with Gasteiger partial charge in [-0.2, -0.15) is 0 Å². The molecule has 0 fully saturated rings. The Morgan fingerprint density at radius 1 is 1.13 bits per heavy atom. The van der Waals surface area contributed by atoms with E-state index in [2.05, 4.69) is 5.32 Å². The topological polar surface area (TPSA) is 56.8 Å². The van der Waals surface area contributed by atoms with Gasteiger partial charge in [0.25, 0.3) is 5.91 Å². The van der Waals surface area contributed by atoms with E-state index in [1.165, 1.54) is 6.07 Å². The lowest BCUT2D eigenvalue weighted by atomic mass is 10.2. The summed E-state index contributed by atoms with van der Waals surface area (Å²) in [5.74, 6) is -0.729. The van der Waals surface area contributed by atoms with Crippen molar-refractivity contribution in [1.29, 1.82) is 0 Å². The maximum absolute atomic E-state index is 13.4. The van der Waals surface area contributed by atoms with Gasteiger partial charge in [-0.25, -0.2) is 8.78 Å². The van der Waals surface area contributed by atoms with E-state index < -0.39 is 11.6 Å². The molecular weight excluding hydrogens is 308 g/mol. The second kappa shape index (κ2) is 6.51. The van der Waals surface area contributed by atoms with Crippen LogP contribution < -0.4 is 19.5 Å². The molecule has 23 heavy (non-hydrogen) atoms. The van der Waals surface area contributed by atoms with E-state index in [0.29, 0.717) is 17.1 Å². The molecule has 0 aromatic heterocycles. The van der Waals surface area contributed by atoms with Gasteiger partial charge in [0.1, 0.15) is 12.4 Å². The molecule has 120 valence electrons. The van der Waals surface area contributed by atoms with Crippen LogP contribution in [0.1, 0.15) is 10.4 Å². The van der Waals surface area contributed by atoms with E-state index in [1.54, 1.807) is 18.2 Å². The number of carbonyl (C=O) groups excluding carboxylic acids is 1. The van der Waals surface area contributed by atoms with Crippen LogP contribution in [0.15, 0.2) is 36.4 Å². The molecule has 3 rings (SSSR count). The van der Waals surface area contributed by atoms with Crippen molar-refractivity contribution in [1.82, 2.24) is 5.32 Å². The lowest BCUT2D eigenvalue weighted by molar-refractivity contribution is 0.0946. The number of hydrogen-bond donors (Lipinski definition) is 1. The molecule has 5 nitrogen and oxygen atoms in total. The van der Waals surface area contributed by atoms with Crippen LogP contribution in [0.3, 0.4) is 0 Å². The van der Waals surface area contributed by atoms with Gasteiger partial charge in [0.15, 0.2) is 23.1 Å². The summed E-state index contributed by atoms with van der Waals surface area (Å²) in [6, 6.07) is 7.89. The highest BCUT2D eigenvalue weighted by molar-refractivity contribution is 5.94. The summed E-state index contributed by atoms with van der Waals surface area (Å²) in [7, 11) is 0. The monoisotopic (exact) mass is 321 g/mol. The Morgan fingerprint density at radius 2 is 1.96 bits per heavy atom. The molecule has 2 aromatic rings. The number of nitrogens with one attached hydrogen (secondary N) is 1. The van der Waals surface area contributed by atoms with E-state index in [9.17, 15) is 13.6 Å². The fourth-order valence-electron chi connectivity index (χ4n) is 2.06. The van der Waals surface area contributed by atoms with Crippen molar-refractivity contribution in [3.8, 4) is 17.2 Å². The number of ether oxygens (including phenoxy) is 3. The van der Waals surface area contributed by atoms with Crippen LogP contribution in [-0.4, -0.2) is 25.9 Å². The zero-order chi connectivity index (χ0) is 16.2. The van der Waals surface area contributed by atoms with Crippen molar-refractivity contribution >= 4 is 5.91 Å². The van der Waals surface area contributed by atoms with Crippen molar-refractivity contribution < 1.29 is 27.8 Å². The highest BCUT2D eigenvalue weighted by atomic mass is 19.1. The van der Waals surface area contributed by atoms with E-state index in [0.717, 1.165) is 12.1 Å². The van der Waals surface area contributed by atoms with Crippen LogP contribution in [0.25, 0.3) is 0 Å². The summed E-state index contributed by atoms with van der Waals surface area (Å²) in [5.41, 5.74) is 0.419. The minimum atomic E-state index is -0.785. The molecule has 0 bridgehead atoms. The second-order valence-electron chi connectivity index (χ2n) is 4.75. The molecule has 0 saturated carbocycles. The van der Waals surface area contributed by atoms with Gasteiger partial charge in [0.05, 0.1) is 6.54 Å². The van der Waals surface area contributed by atoms with Crippen molar-refractivity contribution in [3.05, 3.63) is 53.6 Å². The molecule has 1 N–H and O–H groups in total. The zero-order valence-electron chi connectivity index (χ0n) is 12.0. The highest BCUT2D eigenvalue weighted by Gasteiger charge is 2.16. The van der Waals surface area contributed by atoms with Gasteiger partial charge in [-0.05, 0) is 30.3 Å². The molecule has 7 heteroatoms. The summed E-state index contributed by atoms with van der Waals surface area (Å²) in [4.78, 5) is 12.0. The number of carbonyl (C=O) groups is 1. The Kier molecular flexibility index (Phi) is 4.27. The number of amides is 1. The Bertz CT molecular complexity index is 736. The van der Waals surface area contributed by atoms with Crippen LogP contribution in [0.2, 0.25) is 0 Å². The summed E-state index contributed by atoms with van der Waals surface area (Å²) in [5, 5.41) is 2.63. The molecule has 1 heterocycles. The van der Waals surface area contributed by atoms with Crippen molar-refractivity contribution in [3.63, 3.8) is 0 Å². The number of fused-ring (bicyclic) bond motifs is 1. The van der Waals surface area contributed by atoms with Gasteiger partial charge < -0.3 is 19.5 Å². The molecule has 0 unspecified atom stereocenters. The van der Waals surface area contributed by atoms with Crippen LogP contribution in [0, 0.1) is 11.6 Å². The van der Waals surface area contributed by atoms with Gasteiger partial charge >= 0.3 is 0 Å². The highest BCUT2D eigenvalue weighted by Crippen LogP contribution is 2.32. The average Bonchev–Trinajstić information content (AvgIpc) is 3.00. The molecule has 1 aliphatic rings. The van der Waals surface area contributed by atoms with E-state index in [-0.39, 0.29) is 31.6 Å². The van der Waals surface area contributed by atoms with Gasteiger partial charge in [0, 0.05) is 11.6 Å². The third-order valence-electron chi connectivity index (χ3n) is 3.17. The standard InChI is InChI=1S/C16H13F2NO4/c17-11-2-4-13(12(18)8-11)21-6-5-19-16(20)10-1-3-14-15(7-10)23-9-22-14/h1-4,7-8H,5-6,9H2,(H,19,20). The molecule has 1 aliphatic heterocycles. The predicted octanol–water partition coefficient (Wildman–Crippen LogP) is 2.50. The van der Waals surface area contributed by atoms with Crippen LogP contribution >= 0.6 is 0 Å². The number of benzene rings is 2. The van der Waals surface area contributed by atoms with Gasteiger partial charge in [-0.3, -0.25) is 4.79 Å². The summed E-state index contributed by atoms with van der Waals surface area (Å²) < 4.78 is 41.6. The minimum absolute atomic E-state index is 0.0544. The Morgan fingerprint density at radius 3 is 2.78 bits per heavy atom. The van der Waals surface area contributed by atoms with E-state index >= 15 is 0 Å². The minimum Gasteiger partial charge on any atom is -0.489 e. The van der Waals surface area contributed by atoms with Gasteiger partial charge in [-0.1, -0.05) is 0 Å². The number of hydrogen-bond acceptors (Lipinski definition) is 4. The fourth-order valence-corrected chi connectivity index (χ4v) is 2.06. The first kappa shape index (κ1) is 15.1. The SMILES string of the molecule is O=C(NCCOc1ccc(F)cc1F)c1ccc2c(c1)OCO2. The number of halogens is 2. The first-order valence-electron chi connectivity index (χ1n) is 6.89. The zero-order valence-corrected chi connectivity index (χ0v) is 12.0. The maximum atomic E-state index is 13.4. The van der Waals surface area contributed by atoms with Crippen molar-refractivity contribution in [2.45, 2.75) is 0 Å². The summed E-state index contributed by atoms with van der Waals surface area (Å²) in [6.07, 6.45) is 0. The third kappa shape index (κ3) is 3.50. The lowest BCUT2D eigenvalue weighted by Gasteiger charge is -2.09. The Hall–Kier alpha value is -2.83. The van der Waals surface area contributed by atoms with Gasteiger partial charge in [0.2, 0.25) is 6.79 Å². The average molecular weight is 321 g/mol. The predicted molar refractivity (Wildman–Crippen MR) is 76.8 cm³/mol. The van der Waals surface area contributed by atoms with Gasteiger partial charge in [-0.15, -0.1) is 0 Å². The number of rotatable bonds is 5. The molecule has 2 aromatic carbocycles. The molecule has 1 amide bonds.